The highest BCUT2D eigenvalue weighted by Crippen LogP contribution is 2.34. The number of hydrogen-bond donors (Lipinski definition) is 1. The van der Waals surface area contributed by atoms with Crippen LogP contribution in [0.2, 0.25) is 0 Å². The summed E-state index contributed by atoms with van der Waals surface area (Å²) < 4.78 is 22.4. The van der Waals surface area contributed by atoms with Gasteiger partial charge in [-0.15, -0.1) is 0 Å². The van der Waals surface area contributed by atoms with Crippen molar-refractivity contribution in [2.45, 2.75) is 12.3 Å². The molecule has 1 aromatic rings. The Bertz CT molecular complexity index is 415. The molecule has 0 aliphatic carbocycles. The summed E-state index contributed by atoms with van der Waals surface area (Å²) in [5.74, 6) is 1.55. The molecule has 1 fully saturated rings. The third-order valence-electron chi connectivity index (χ3n) is 3.14. The lowest BCUT2D eigenvalue weighted by atomic mass is 10.1. The van der Waals surface area contributed by atoms with E-state index in [2.05, 4.69) is 5.32 Å². The van der Waals surface area contributed by atoms with Crippen molar-refractivity contribution in [2.24, 2.45) is 0 Å². The molecule has 0 unspecified atom stereocenters. The molecule has 0 spiro atoms. The maximum atomic E-state index is 5.68. The van der Waals surface area contributed by atoms with E-state index in [1.54, 1.807) is 0 Å². The SMILES string of the molecule is CNC1COC(c2ccc3c(c2)OCCO3)OC1. The maximum Gasteiger partial charge on any atom is 0.184 e. The van der Waals surface area contributed by atoms with Crippen LogP contribution in [-0.4, -0.2) is 39.5 Å². The summed E-state index contributed by atoms with van der Waals surface area (Å²) in [6, 6.07) is 6.05. The number of ether oxygens (including phenoxy) is 4. The predicted molar refractivity (Wildman–Crippen MR) is 64.9 cm³/mol. The van der Waals surface area contributed by atoms with E-state index in [0.717, 1.165) is 17.1 Å². The van der Waals surface area contributed by atoms with Crippen molar-refractivity contribution in [1.82, 2.24) is 5.32 Å². The van der Waals surface area contributed by atoms with Crippen molar-refractivity contribution >= 4 is 0 Å². The molecule has 0 bridgehead atoms. The second-order valence-electron chi connectivity index (χ2n) is 4.39. The van der Waals surface area contributed by atoms with Gasteiger partial charge in [-0.05, 0) is 19.2 Å². The Balaban J connectivity index is 1.73. The van der Waals surface area contributed by atoms with Crippen molar-refractivity contribution in [3.8, 4) is 11.5 Å². The van der Waals surface area contributed by atoms with Crippen LogP contribution in [0, 0.1) is 0 Å². The zero-order valence-electron chi connectivity index (χ0n) is 10.3. The third-order valence-corrected chi connectivity index (χ3v) is 3.14. The highest BCUT2D eigenvalue weighted by atomic mass is 16.7. The van der Waals surface area contributed by atoms with Gasteiger partial charge in [0.25, 0.3) is 0 Å². The molecule has 2 aliphatic heterocycles. The largest absolute Gasteiger partial charge is 0.486 e. The minimum absolute atomic E-state index is 0.262. The molecule has 2 aliphatic rings. The lowest BCUT2D eigenvalue weighted by Crippen LogP contribution is -2.40. The van der Waals surface area contributed by atoms with Gasteiger partial charge in [0, 0.05) is 5.56 Å². The van der Waals surface area contributed by atoms with Gasteiger partial charge in [-0.25, -0.2) is 0 Å². The average molecular weight is 251 g/mol. The zero-order chi connectivity index (χ0) is 12.4. The third kappa shape index (κ3) is 2.29. The van der Waals surface area contributed by atoms with Gasteiger partial charge >= 0.3 is 0 Å². The highest BCUT2D eigenvalue weighted by Gasteiger charge is 2.24. The van der Waals surface area contributed by atoms with Crippen LogP contribution in [0.5, 0.6) is 11.5 Å². The van der Waals surface area contributed by atoms with E-state index in [1.165, 1.54) is 0 Å². The van der Waals surface area contributed by atoms with E-state index in [4.69, 9.17) is 18.9 Å². The molecule has 5 heteroatoms. The Morgan fingerprint density at radius 1 is 1.06 bits per heavy atom. The molecule has 1 N–H and O–H groups in total. The second kappa shape index (κ2) is 5.14. The molecule has 5 nitrogen and oxygen atoms in total. The molecule has 0 aromatic heterocycles. The van der Waals surface area contributed by atoms with Gasteiger partial charge in [0.2, 0.25) is 0 Å². The number of hydrogen-bond acceptors (Lipinski definition) is 5. The fourth-order valence-electron chi connectivity index (χ4n) is 2.07. The molecule has 3 rings (SSSR count). The predicted octanol–water partition coefficient (Wildman–Crippen LogP) is 1.09. The minimum Gasteiger partial charge on any atom is -0.486 e. The number of nitrogens with one attached hydrogen (secondary N) is 1. The Hall–Kier alpha value is -1.30. The number of fused-ring (bicyclic) bond motifs is 1. The summed E-state index contributed by atoms with van der Waals surface area (Å²) in [6.45, 7) is 2.49. The van der Waals surface area contributed by atoms with Crippen molar-refractivity contribution in [2.75, 3.05) is 33.5 Å². The summed E-state index contributed by atoms with van der Waals surface area (Å²) in [5, 5.41) is 3.13. The van der Waals surface area contributed by atoms with Gasteiger partial charge < -0.3 is 24.3 Å². The molecular formula is C13H17NO4. The van der Waals surface area contributed by atoms with Crippen LogP contribution in [0.25, 0.3) is 0 Å². The van der Waals surface area contributed by atoms with Crippen LogP contribution >= 0.6 is 0 Å². The maximum absolute atomic E-state index is 5.68. The number of likely N-dealkylation sites (N-methyl/N-ethyl adjacent to an activating group) is 1. The summed E-state index contributed by atoms with van der Waals surface area (Å²) in [7, 11) is 1.90. The van der Waals surface area contributed by atoms with Crippen LogP contribution in [0.1, 0.15) is 11.9 Å². The number of rotatable bonds is 2. The lowest BCUT2D eigenvalue weighted by molar-refractivity contribution is -0.193. The van der Waals surface area contributed by atoms with Gasteiger partial charge in [-0.3, -0.25) is 0 Å². The quantitative estimate of drug-likeness (QED) is 0.852. The standard InChI is InChI=1S/C13H17NO4/c1-14-10-7-17-13(18-8-10)9-2-3-11-12(6-9)16-5-4-15-11/h2-3,6,10,13-14H,4-5,7-8H2,1H3. The summed E-state index contributed by atoms with van der Waals surface area (Å²) in [6.07, 6.45) is -0.314. The molecular weight excluding hydrogens is 234 g/mol. The zero-order valence-corrected chi connectivity index (χ0v) is 10.3. The van der Waals surface area contributed by atoms with Crippen molar-refractivity contribution in [3.63, 3.8) is 0 Å². The number of benzene rings is 1. The van der Waals surface area contributed by atoms with Crippen LogP contribution in [0.4, 0.5) is 0 Å². The van der Waals surface area contributed by atoms with E-state index >= 15 is 0 Å². The summed E-state index contributed by atoms with van der Waals surface area (Å²) in [4.78, 5) is 0. The first-order valence-electron chi connectivity index (χ1n) is 6.17. The molecule has 0 atom stereocenters. The van der Waals surface area contributed by atoms with Crippen LogP contribution < -0.4 is 14.8 Å². The highest BCUT2D eigenvalue weighted by molar-refractivity contribution is 5.44. The average Bonchev–Trinajstić information content (AvgIpc) is 2.47. The lowest BCUT2D eigenvalue weighted by Gasteiger charge is -2.30. The topological polar surface area (TPSA) is 49.0 Å². The van der Waals surface area contributed by atoms with Gasteiger partial charge in [0.1, 0.15) is 13.2 Å². The first-order valence-corrected chi connectivity index (χ1v) is 6.17. The molecule has 1 saturated heterocycles. The first kappa shape index (κ1) is 11.8. The Labute approximate surface area is 106 Å². The monoisotopic (exact) mass is 251 g/mol. The summed E-state index contributed by atoms with van der Waals surface area (Å²) in [5.41, 5.74) is 0.966. The van der Waals surface area contributed by atoms with E-state index in [1.807, 2.05) is 25.2 Å². The van der Waals surface area contributed by atoms with Crippen molar-refractivity contribution in [1.29, 1.82) is 0 Å². The molecule has 0 radical (unpaired) electrons. The molecule has 0 amide bonds. The summed E-state index contributed by atoms with van der Waals surface area (Å²) >= 11 is 0. The Kier molecular flexibility index (Phi) is 3.36. The molecule has 0 saturated carbocycles. The fourth-order valence-corrected chi connectivity index (χ4v) is 2.07. The normalized spacial score (nSPS) is 26.9. The first-order chi connectivity index (χ1) is 8.86. The van der Waals surface area contributed by atoms with Gasteiger partial charge in [0.05, 0.1) is 19.3 Å². The fraction of sp³-hybridized carbons (Fsp3) is 0.538. The molecule has 98 valence electrons. The van der Waals surface area contributed by atoms with Crippen molar-refractivity contribution < 1.29 is 18.9 Å². The van der Waals surface area contributed by atoms with Crippen LogP contribution in [0.3, 0.4) is 0 Å². The van der Waals surface area contributed by atoms with Crippen molar-refractivity contribution in [3.05, 3.63) is 23.8 Å². The van der Waals surface area contributed by atoms with E-state index in [9.17, 15) is 0 Å². The van der Waals surface area contributed by atoms with Crippen LogP contribution in [0.15, 0.2) is 18.2 Å². The second-order valence-corrected chi connectivity index (χ2v) is 4.39. The minimum atomic E-state index is -0.314. The van der Waals surface area contributed by atoms with Gasteiger partial charge in [0.15, 0.2) is 17.8 Å². The molecule has 1 aromatic carbocycles. The smallest absolute Gasteiger partial charge is 0.184 e. The van der Waals surface area contributed by atoms with Crippen LogP contribution in [-0.2, 0) is 9.47 Å². The van der Waals surface area contributed by atoms with E-state index in [0.29, 0.717) is 26.4 Å². The molecule has 2 heterocycles. The Morgan fingerprint density at radius 2 is 1.78 bits per heavy atom. The van der Waals surface area contributed by atoms with Gasteiger partial charge in [-0.1, -0.05) is 6.07 Å². The van der Waals surface area contributed by atoms with Gasteiger partial charge in [-0.2, -0.15) is 0 Å². The van der Waals surface area contributed by atoms with E-state index < -0.39 is 0 Å². The Morgan fingerprint density at radius 3 is 2.50 bits per heavy atom. The van der Waals surface area contributed by atoms with E-state index in [-0.39, 0.29) is 12.3 Å². The molecule has 18 heavy (non-hydrogen) atoms.